The molecular formula is C12H19NO2. The lowest BCUT2D eigenvalue weighted by atomic mass is 9.88. The van der Waals surface area contributed by atoms with E-state index in [0.29, 0.717) is 24.3 Å². The standard InChI is InChI=1S/C12H19NO2/c1-9-8-11(2-3-11)6-7-13(9)10(14)12(15)4-5-12/h9,15H,2-8H2,1H3/t9-/m0/s1. The number of rotatable bonds is 1. The predicted molar refractivity (Wildman–Crippen MR) is 56.3 cm³/mol. The summed E-state index contributed by atoms with van der Waals surface area (Å²) in [5.74, 6) is -0.00880. The molecule has 0 aromatic rings. The zero-order chi connectivity index (χ0) is 10.7. The molecule has 0 bridgehead atoms. The molecular weight excluding hydrogens is 190 g/mol. The van der Waals surface area contributed by atoms with E-state index in [2.05, 4.69) is 6.92 Å². The molecule has 3 aliphatic rings. The van der Waals surface area contributed by atoms with E-state index in [1.807, 2.05) is 4.90 Å². The van der Waals surface area contributed by atoms with Crippen molar-refractivity contribution in [3.8, 4) is 0 Å². The highest BCUT2D eigenvalue weighted by molar-refractivity contribution is 5.88. The fraction of sp³-hybridized carbons (Fsp3) is 0.917. The van der Waals surface area contributed by atoms with Crippen LogP contribution in [0.1, 0.15) is 45.4 Å². The third-order valence-corrected chi connectivity index (χ3v) is 4.48. The molecule has 0 aromatic carbocycles. The Morgan fingerprint density at radius 2 is 1.93 bits per heavy atom. The van der Waals surface area contributed by atoms with Gasteiger partial charge in [-0.15, -0.1) is 0 Å². The van der Waals surface area contributed by atoms with Gasteiger partial charge in [0.05, 0.1) is 0 Å². The minimum absolute atomic E-state index is 0.00880. The number of piperidine rings is 1. The predicted octanol–water partition coefficient (Wildman–Crippen LogP) is 1.30. The molecule has 1 atom stereocenters. The van der Waals surface area contributed by atoms with Crippen molar-refractivity contribution in [1.29, 1.82) is 0 Å². The first kappa shape index (κ1) is 9.64. The van der Waals surface area contributed by atoms with E-state index in [-0.39, 0.29) is 5.91 Å². The fourth-order valence-corrected chi connectivity index (χ4v) is 2.95. The van der Waals surface area contributed by atoms with Gasteiger partial charge in [-0.3, -0.25) is 4.79 Å². The first-order chi connectivity index (χ1) is 7.05. The zero-order valence-corrected chi connectivity index (χ0v) is 9.33. The van der Waals surface area contributed by atoms with Crippen LogP contribution in [-0.2, 0) is 4.79 Å². The maximum absolute atomic E-state index is 12.0. The van der Waals surface area contributed by atoms with Crippen LogP contribution in [-0.4, -0.2) is 34.1 Å². The Hall–Kier alpha value is -0.570. The van der Waals surface area contributed by atoms with Gasteiger partial charge in [0.25, 0.3) is 5.91 Å². The first-order valence-electron chi connectivity index (χ1n) is 6.08. The number of aliphatic hydroxyl groups is 1. The van der Waals surface area contributed by atoms with Gasteiger partial charge in [0.2, 0.25) is 0 Å². The van der Waals surface area contributed by atoms with Gasteiger partial charge in [0.15, 0.2) is 0 Å². The number of nitrogens with zero attached hydrogens (tertiary/aromatic N) is 1. The SMILES string of the molecule is C[C@H]1CC2(CCN1C(=O)C1(O)CC1)CC2. The van der Waals surface area contributed by atoms with Crippen molar-refractivity contribution >= 4 is 5.91 Å². The van der Waals surface area contributed by atoms with Crippen molar-refractivity contribution in [1.82, 2.24) is 4.90 Å². The molecule has 1 N–H and O–H groups in total. The second-order valence-corrected chi connectivity index (χ2v) is 5.83. The second-order valence-electron chi connectivity index (χ2n) is 5.83. The maximum Gasteiger partial charge on any atom is 0.254 e. The van der Waals surface area contributed by atoms with Crippen molar-refractivity contribution in [2.75, 3.05) is 6.54 Å². The summed E-state index contributed by atoms with van der Waals surface area (Å²) in [5, 5.41) is 9.82. The van der Waals surface area contributed by atoms with Gasteiger partial charge in [0.1, 0.15) is 5.60 Å². The topological polar surface area (TPSA) is 40.5 Å². The highest BCUT2D eigenvalue weighted by Gasteiger charge is 2.54. The Balaban J connectivity index is 1.69. The van der Waals surface area contributed by atoms with Crippen molar-refractivity contribution < 1.29 is 9.90 Å². The molecule has 2 saturated carbocycles. The van der Waals surface area contributed by atoms with Gasteiger partial charge in [-0.1, -0.05) is 0 Å². The van der Waals surface area contributed by atoms with Crippen molar-refractivity contribution in [2.24, 2.45) is 5.41 Å². The number of hydrogen-bond donors (Lipinski definition) is 1. The number of hydrogen-bond acceptors (Lipinski definition) is 2. The molecule has 0 radical (unpaired) electrons. The van der Waals surface area contributed by atoms with E-state index < -0.39 is 5.60 Å². The summed E-state index contributed by atoms with van der Waals surface area (Å²) in [5.41, 5.74) is -0.384. The Morgan fingerprint density at radius 3 is 2.40 bits per heavy atom. The molecule has 1 heterocycles. The van der Waals surface area contributed by atoms with E-state index >= 15 is 0 Å². The van der Waals surface area contributed by atoms with Crippen LogP contribution < -0.4 is 0 Å². The number of amides is 1. The Morgan fingerprint density at radius 1 is 1.27 bits per heavy atom. The highest BCUT2D eigenvalue weighted by Crippen LogP contribution is 2.55. The molecule has 3 rings (SSSR count). The third kappa shape index (κ3) is 1.48. The molecule has 2 aliphatic carbocycles. The van der Waals surface area contributed by atoms with Crippen molar-refractivity contribution in [3.05, 3.63) is 0 Å². The lowest BCUT2D eigenvalue weighted by Crippen LogP contribution is -2.50. The zero-order valence-electron chi connectivity index (χ0n) is 9.33. The van der Waals surface area contributed by atoms with Gasteiger partial charge < -0.3 is 10.0 Å². The Kier molecular flexibility index (Phi) is 1.77. The van der Waals surface area contributed by atoms with Crippen LogP contribution in [0.5, 0.6) is 0 Å². The van der Waals surface area contributed by atoms with Gasteiger partial charge in [0, 0.05) is 12.6 Å². The van der Waals surface area contributed by atoms with E-state index in [0.717, 1.165) is 19.4 Å². The monoisotopic (exact) mass is 209 g/mol. The molecule has 0 unspecified atom stereocenters. The molecule has 1 aliphatic heterocycles. The summed E-state index contributed by atoms with van der Waals surface area (Å²) in [6.07, 6.45) is 6.33. The number of likely N-dealkylation sites (tertiary alicyclic amines) is 1. The molecule has 3 heteroatoms. The van der Waals surface area contributed by atoms with Crippen LogP contribution in [0.25, 0.3) is 0 Å². The molecule has 1 saturated heterocycles. The van der Waals surface area contributed by atoms with E-state index in [4.69, 9.17) is 0 Å². The van der Waals surface area contributed by atoms with Gasteiger partial charge in [-0.2, -0.15) is 0 Å². The average molecular weight is 209 g/mol. The van der Waals surface area contributed by atoms with Crippen LogP contribution in [0.2, 0.25) is 0 Å². The van der Waals surface area contributed by atoms with E-state index in [9.17, 15) is 9.90 Å². The Bertz CT molecular complexity index is 305. The molecule has 15 heavy (non-hydrogen) atoms. The maximum atomic E-state index is 12.0. The van der Waals surface area contributed by atoms with Gasteiger partial charge >= 0.3 is 0 Å². The molecule has 1 spiro atoms. The summed E-state index contributed by atoms with van der Waals surface area (Å²) in [7, 11) is 0. The highest BCUT2D eigenvalue weighted by atomic mass is 16.3. The summed E-state index contributed by atoms with van der Waals surface area (Å²) in [6, 6.07) is 0.332. The number of carbonyl (C=O) groups excluding carboxylic acids is 1. The van der Waals surface area contributed by atoms with Gasteiger partial charge in [-0.05, 0) is 50.9 Å². The van der Waals surface area contributed by atoms with Crippen LogP contribution in [0.3, 0.4) is 0 Å². The van der Waals surface area contributed by atoms with Crippen LogP contribution in [0, 0.1) is 5.41 Å². The first-order valence-corrected chi connectivity index (χ1v) is 6.08. The van der Waals surface area contributed by atoms with E-state index in [1.165, 1.54) is 12.8 Å². The lowest BCUT2D eigenvalue weighted by molar-refractivity contribution is -0.146. The fourth-order valence-electron chi connectivity index (χ4n) is 2.95. The minimum Gasteiger partial charge on any atom is -0.380 e. The lowest BCUT2D eigenvalue weighted by Gasteiger charge is -2.39. The Labute approximate surface area is 90.5 Å². The smallest absolute Gasteiger partial charge is 0.254 e. The molecule has 84 valence electrons. The summed E-state index contributed by atoms with van der Waals surface area (Å²) in [4.78, 5) is 13.9. The molecule has 1 amide bonds. The van der Waals surface area contributed by atoms with Crippen LogP contribution >= 0.6 is 0 Å². The molecule has 3 nitrogen and oxygen atoms in total. The van der Waals surface area contributed by atoms with Crippen LogP contribution in [0.4, 0.5) is 0 Å². The summed E-state index contributed by atoms with van der Waals surface area (Å²) < 4.78 is 0. The minimum atomic E-state index is -0.970. The molecule has 0 aromatic heterocycles. The van der Waals surface area contributed by atoms with Gasteiger partial charge in [-0.25, -0.2) is 0 Å². The quantitative estimate of drug-likeness (QED) is 0.707. The molecule has 3 fully saturated rings. The van der Waals surface area contributed by atoms with Crippen LogP contribution in [0.15, 0.2) is 0 Å². The number of carbonyl (C=O) groups is 1. The van der Waals surface area contributed by atoms with Crippen molar-refractivity contribution in [3.63, 3.8) is 0 Å². The normalized spacial score (nSPS) is 35.3. The summed E-state index contributed by atoms with van der Waals surface area (Å²) >= 11 is 0. The van der Waals surface area contributed by atoms with E-state index in [1.54, 1.807) is 0 Å². The third-order valence-electron chi connectivity index (χ3n) is 4.48. The average Bonchev–Trinajstić information content (AvgIpc) is 3.07. The second kappa shape index (κ2) is 2.76. The summed E-state index contributed by atoms with van der Waals surface area (Å²) in [6.45, 7) is 2.99. The van der Waals surface area contributed by atoms with Crippen molar-refractivity contribution in [2.45, 2.75) is 57.1 Å². The largest absolute Gasteiger partial charge is 0.380 e.